The van der Waals surface area contributed by atoms with Crippen molar-refractivity contribution in [3.05, 3.63) is 22.9 Å². The Labute approximate surface area is 80.7 Å². The first kappa shape index (κ1) is 8.05. The Balaban J connectivity index is 2.25. The van der Waals surface area contributed by atoms with Gasteiger partial charge in [0.15, 0.2) is 0 Å². The molecule has 1 aromatic rings. The fraction of sp³-hybridized carbons (Fsp3) is 0.444. The minimum absolute atomic E-state index is 0.753. The maximum atomic E-state index is 4.03. The largest absolute Gasteiger partial charge is 0.371 e. The molecule has 0 atom stereocenters. The molecular weight excluding hydrogens is 216 g/mol. The van der Waals surface area contributed by atoms with E-state index in [-0.39, 0.29) is 0 Å². The summed E-state index contributed by atoms with van der Waals surface area (Å²) in [6.07, 6.45) is 6.32. The minimum Gasteiger partial charge on any atom is -0.371 e. The van der Waals surface area contributed by atoms with Crippen LogP contribution < -0.4 is 4.90 Å². The zero-order chi connectivity index (χ0) is 8.55. The molecule has 1 saturated carbocycles. The zero-order valence-corrected chi connectivity index (χ0v) is 8.58. The van der Waals surface area contributed by atoms with Crippen LogP contribution in [-0.4, -0.2) is 18.1 Å². The summed E-state index contributed by atoms with van der Waals surface area (Å²) < 4.78 is 1.08. The monoisotopic (exact) mass is 226 g/mol. The maximum Gasteiger partial charge on any atom is 0.0592 e. The van der Waals surface area contributed by atoms with Crippen LogP contribution in [0.1, 0.15) is 12.8 Å². The predicted octanol–water partition coefficient (Wildman–Crippen LogP) is 2.44. The van der Waals surface area contributed by atoms with Gasteiger partial charge in [0.25, 0.3) is 0 Å². The normalized spacial score (nSPS) is 16.2. The lowest BCUT2D eigenvalue weighted by Crippen LogP contribution is -2.19. The van der Waals surface area contributed by atoms with Crippen LogP contribution in [0, 0.1) is 0 Å². The number of rotatable bonds is 2. The molecule has 0 amide bonds. The standard InChI is InChI=1S/C9H11BrN2/c1-12(7-2-3-7)9-4-5-11-6-8(9)10/h4-7H,2-3H2,1H3. The van der Waals surface area contributed by atoms with E-state index in [0.29, 0.717) is 0 Å². The Hall–Kier alpha value is -0.570. The van der Waals surface area contributed by atoms with E-state index in [1.807, 2.05) is 18.5 Å². The molecule has 2 rings (SSSR count). The lowest BCUT2D eigenvalue weighted by molar-refractivity contribution is 0.911. The van der Waals surface area contributed by atoms with Crippen molar-refractivity contribution in [1.29, 1.82) is 0 Å². The molecule has 1 aromatic heterocycles. The molecule has 64 valence electrons. The van der Waals surface area contributed by atoms with E-state index >= 15 is 0 Å². The van der Waals surface area contributed by atoms with E-state index in [1.165, 1.54) is 18.5 Å². The van der Waals surface area contributed by atoms with Gasteiger partial charge in [-0.05, 0) is 34.8 Å². The third-order valence-electron chi connectivity index (χ3n) is 2.23. The summed E-state index contributed by atoms with van der Waals surface area (Å²) in [5, 5.41) is 0. The van der Waals surface area contributed by atoms with Crippen molar-refractivity contribution in [3.8, 4) is 0 Å². The maximum absolute atomic E-state index is 4.03. The quantitative estimate of drug-likeness (QED) is 0.771. The molecule has 0 aromatic carbocycles. The van der Waals surface area contributed by atoms with Crippen LogP contribution in [0.3, 0.4) is 0 Å². The summed E-state index contributed by atoms with van der Waals surface area (Å²) in [5.74, 6) is 0. The Morgan fingerprint density at radius 2 is 2.33 bits per heavy atom. The van der Waals surface area contributed by atoms with Gasteiger partial charge in [-0.25, -0.2) is 0 Å². The van der Waals surface area contributed by atoms with Gasteiger partial charge in [-0.2, -0.15) is 0 Å². The third-order valence-corrected chi connectivity index (χ3v) is 2.84. The van der Waals surface area contributed by atoms with Gasteiger partial charge in [0.05, 0.1) is 10.2 Å². The summed E-state index contributed by atoms with van der Waals surface area (Å²) >= 11 is 3.49. The lowest BCUT2D eigenvalue weighted by atomic mass is 10.3. The van der Waals surface area contributed by atoms with Crippen LogP contribution in [0.15, 0.2) is 22.9 Å². The SMILES string of the molecule is CN(c1ccncc1Br)C1CC1. The number of anilines is 1. The van der Waals surface area contributed by atoms with Gasteiger partial charge in [0, 0.05) is 25.5 Å². The second-order valence-corrected chi connectivity index (χ2v) is 4.02. The first-order chi connectivity index (χ1) is 5.79. The molecule has 3 heteroatoms. The Morgan fingerprint density at radius 1 is 1.58 bits per heavy atom. The summed E-state index contributed by atoms with van der Waals surface area (Å²) in [7, 11) is 2.14. The highest BCUT2D eigenvalue weighted by atomic mass is 79.9. The summed E-state index contributed by atoms with van der Waals surface area (Å²) in [6, 6.07) is 2.80. The third kappa shape index (κ3) is 1.46. The molecule has 1 heterocycles. The fourth-order valence-electron chi connectivity index (χ4n) is 1.31. The first-order valence-corrected chi connectivity index (χ1v) is 4.90. The van der Waals surface area contributed by atoms with Crippen molar-refractivity contribution in [2.24, 2.45) is 0 Å². The number of hydrogen-bond acceptors (Lipinski definition) is 2. The Bertz CT molecular complexity index is 284. The molecule has 12 heavy (non-hydrogen) atoms. The van der Waals surface area contributed by atoms with Gasteiger partial charge in [0.1, 0.15) is 0 Å². The van der Waals surface area contributed by atoms with Gasteiger partial charge >= 0.3 is 0 Å². The van der Waals surface area contributed by atoms with E-state index in [2.05, 4.69) is 32.9 Å². The van der Waals surface area contributed by atoms with Crippen LogP contribution in [0.4, 0.5) is 5.69 Å². The molecule has 0 N–H and O–H groups in total. The van der Waals surface area contributed by atoms with E-state index in [1.54, 1.807) is 0 Å². The van der Waals surface area contributed by atoms with Gasteiger partial charge in [0.2, 0.25) is 0 Å². The van der Waals surface area contributed by atoms with Crippen LogP contribution in [0.2, 0.25) is 0 Å². The van der Waals surface area contributed by atoms with Crippen molar-refractivity contribution >= 4 is 21.6 Å². The second-order valence-electron chi connectivity index (χ2n) is 3.17. The number of pyridine rings is 1. The van der Waals surface area contributed by atoms with Gasteiger partial charge < -0.3 is 4.90 Å². The Kier molecular flexibility index (Phi) is 2.05. The smallest absolute Gasteiger partial charge is 0.0592 e. The lowest BCUT2D eigenvalue weighted by Gasteiger charge is -2.19. The number of halogens is 1. The van der Waals surface area contributed by atoms with Gasteiger partial charge in [-0.15, -0.1) is 0 Å². The average molecular weight is 227 g/mol. The van der Waals surface area contributed by atoms with E-state index in [9.17, 15) is 0 Å². The highest BCUT2D eigenvalue weighted by Gasteiger charge is 2.27. The first-order valence-electron chi connectivity index (χ1n) is 4.11. The molecule has 0 saturated heterocycles. The number of hydrogen-bond donors (Lipinski definition) is 0. The zero-order valence-electron chi connectivity index (χ0n) is 7.00. The predicted molar refractivity (Wildman–Crippen MR) is 53.4 cm³/mol. The number of aromatic nitrogens is 1. The van der Waals surface area contributed by atoms with Crippen molar-refractivity contribution in [3.63, 3.8) is 0 Å². The van der Waals surface area contributed by atoms with Crippen LogP contribution >= 0.6 is 15.9 Å². The highest BCUT2D eigenvalue weighted by Crippen LogP contribution is 2.33. The molecule has 1 fully saturated rings. The van der Waals surface area contributed by atoms with Crippen molar-refractivity contribution in [2.45, 2.75) is 18.9 Å². The molecular formula is C9H11BrN2. The topological polar surface area (TPSA) is 16.1 Å². The van der Waals surface area contributed by atoms with Crippen LogP contribution in [-0.2, 0) is 0 Å². The van der Waals surface area contributed by atoms with E-state index in [4.69, 9.17) is 0 Å². The van der Waals surface area contributed by atoms with Crippen molar-refractivity contribution in [1.82, 2.24) is 4.98 Å². The highest BCUT2D eigenvalue weighted by molar-refractivity contribution is 9.10. The molecule has 0 radical (unpaired) electrons. The molecule has 2 nitrogen and oxygen atoms in total. The summed E-state index contributed by atoms with van der Waals surface area (Å²) in [4.78, 5) is 6.34. The van der Waals surface area contributed by atoms with Crippen molar-refractivity contribution in [2.75, 3.05) is 11.9 Å². The molecule has 0 aliphatic heterocycles. The van der Waals surface area contributed by atoms with Gasteiger partial charge in [-0.3, -0.25) is 4.98 Å². The fourth-order valence-corrected chi connectivity index (χ4v) is 1.84. The molecule has 0 bridgehead atoms. The Morgan fingerprint density at radius 3 is 2.92 bits per heavy atom. The van der Waals surface area contributed by atoms with E-state index in [0.717, 1.165) is 10.5 Å². The average Bonchev–Trinajstić information content (AvgIpc) is 2.86. The second kappa shape index (κ2) is 3.05. The minimum atomic E-state index is 0.753. The van der Waals surface area contributed by atoms with E-state index < -0.39 is 0 Å². The summed E-state index contributed by atoms with van der Waals surface area (Å²) in [5.41, 5.74) is 1.24. The molecule has 1 aliphatic carbocycles. The van der Waals surface area contributed by atoms with Gasteiger partial charge in [-0.1, -0.05) is 0 Å². The molecule has 0 unspecified atom stereocenters. The summed E-state index contributed by atoms with van der Waals surface area (Å²) in [6.45, 7) is 0. The molecule has 0 spiro atoms. The molecule has 1 aliphatic rings. The van der Waals surface area contributed by atoms with Crippen LogP contribution in [0.25, 0.3) is 0 Å². The number of nitrogens with zero attached hydrogens (tertiary/aromatic N) is 2. The van der Waals surface area contributed by atoms with Crippen LogP contribution in [0.5, 0.6) is 0 Å². The van der Waals surface area contributed by atoms with Crippen molar-refractivity contribution < 1.29 is 0 Å².